The van der Waals surface area contributed by atoms with E-state index in [0.717, 1.165) is 26.2 Å². The fourth-order valence-electron chi connectivity index (χ4n) is 2.53. The monoisotopic (exact) mass is 338 g/mol. The smallest absolute Gasteiger partial charge is 0.324 e. The van der Waals surface area contributed by atoms with E-state index < -0.39 is 0 Å². The fourth-order valence-corrected chi connectivity index (χ4v) is 2.53. The molecule has 1 saturated heterocycles. The third kappa shape index (κ3) is 4.44. The number of nitrogens with one attached hydrogen (secondary N) is 1. The van der Waals surface area contributed by atoms with Gasteiger partial charge in [-0.15, -0.1) is 4.98 Å². The summed E-state index contributed by atoms with van der Waals surface area (Å²) in [6.07, 6.45) is 0. The number of carbonyl (C=O) groups excluding carboxylic acids is 1. The van der Waals surface area contributed by atoms with E-state index in [1.165, 1.54) is 14.2 Å². The molecule has 9 nitrogen and oxygen atoms in total. The lowest BCUT2D eigenvalue weighted by atomic mass is 10.2. The highest BCUT2D eigenvalue weighted by atomic mass is 16.5. The number of amides is 1. The van der Waals surface area contributed by atoms with Gasteiger partial charge in [-0.2, -0.15) is 9.97 Å². The van der Waals surface area contributed by atoms with Crippen LogP contribution in [0.15, 0.2) is 0 Å². The van der Waals surface area contributed by atoms with Crippen molar-refractivity contribution in [1.82, 2.24) is 25.2 Å². The number of hydrogen-bond donors (Lipinski definition) is 1. The molecular formula is C15H26N6O3. The molecule has 2 heterocycles. The van der Waals surface area contributed by atoms with Crippen LogP contribution in [0.5, 0.6) is 12.0 Å². The highest BCUT2D eigenvalue weighted by Gasteiger charge is 2.27. The molecule has 0 saturated carbocycles. The van der Waals surface area contributed by atoms with E-state index in [4.69, 9.17) is 9.47 Å². The minimum Gasteiger partial charge on any atom is -0.467 e. The molecule has 0 radical (unpaired) electrons. The lowest BCUT2D eigenvalue weighted by molar-refractivity contribution is -0.126. The Morgan fingerprint density at radius 3 is 2.00 bits per heavy atom. The van der Waals surface area contributed by atoms with Crippen LogP contribution in [0.2, 0.25) is 0 Å². The molecule has 24 heavy (non-hydrogen) atoms. The van der Waals surface area contributed by atoms with Crippen molar-refractivity contribution in [2.75, 3.05) is 45.3 Å². The third-order valence-corrected chi connectivity index (χ3v) is 3.90. The Kier molecular flexibility index (Phi) is 6.13. The Balaban J connectivity index is 1.98. The van der Waals surface area contributed by atoms with E-state index in [2.05, 4.69) is 25.2 Å². The van der Waals surface area contributed by atoms with Gasteiger partial charge in [0.05, 0.1) is 20.3 Å². The molecule has 0 bridgehead atoms. The quantitative estimate of drug-likeness (QED) is 0.770. The standard InChI is InChI=1S/C15H26N6O3/c1-10(2)16-12(22)11(3)20-6-8-21(9-7-20)13-17-14(23-4)19-15(18-13)24-5/h10-11H,6-9H2,1-5H3,(H,16,22). The predicted octanol–water partition coefficient (Wildman–Crippen LogP) is -0.0761. The van der Waals surface area contributed by atoms with E-state index in [9.17, 15) is 4.79 Å². The SMILES string of the molecule is COc1nc(OC)nc(N2CCN(C(C)C(=O)NC(C)C)CC2)n1. The number of ether oxygens (including phenoxy) is 2. The van der Waals surface area contributed by atoms with Gasteiger partial charge in [0.15, 0.2) is 0 Å². The van der Waals surface area contributed by atoms with Crippen molar-refractivity contribution >= 4 is 11.9 Å². The van der Waals surface area contributed by atoms with Crippen LogP contribution in [0.1, 0.15) is 20.8 Å². The molecule has 1 aromatic heterocycles. The van der Waals surface area contributed by atoms with Gasteiger partial charge in [0.2, 0.25) is 11.9 Å². The molecule has 1 aliphatic rings. The maximum absolute atomic E-state index is 12.1. The lowest BCUT2D eigenvalue weighted by Crippen LogP contribution is -2.54. The minimum absolute atomic E-state index is 0.0574. The second-order valence-electron chi connectivity index (χ2n) is 5.97. The number of aromatic nitrogens is 3. The first-order valence-electron chi connectivity index (χ1n) is 8.08. The summed E-state index contributed by atoms with van der Waals surface area (Å²) in [5.41, 5.74) is 0. The number of hydrogen-bond acceptors (Lipinski definition) is 8. The van der Waals surface area contributed by atoms with Crippen molar-refractivity contribution in [1.29, 1.82) is 0 Å². The van der Waals surface area contributed by atoms with Crippen molar-refractivity contribution in [3.05, 3.63) is 0 Å². The molecule has 134 valence electrons. The number of nitrogens with zero attached hydrogens (tertiary/aromatic N) is 5. The van der Waals surface area contributed by atoms with Crippen LogP contribution in [0, 0.1) is 0 Å². The number of piperazine rings is 1. The highest BCUT2D eigenvalue weighted by Crippen LogP contribution is 2.18. The summed E-state index contributed by atoms with van der Waals surface area (Å²) in [6.45, 7) is 8.80. The molecule has 0 aliphatic carbocycles. The van der Waals surface area contributed by atoms with Crippen molar-refractivity contribution < 1.29 is 14.3 Å². The summed E-state index contributed by atoms with van der Waals surface area (Å²) in [4.78, 5) is 28.9. The average molecular weight is 338 g/mol. The van der Waals surface area contributed by atoms with Gasteiger partial charge in [-0.3, -0.25) is 9.69 Å². The maximum Gasteiger partial charge on any atom is 0.324 e. The van der Waals surface area contributed by atoms with Gasteiger partial charge in [0.25, 0.3) is 0 Å². The molecule has 1 aliphatic heterocycles. The summed E-state index contributed by atoms with van der Waals surface area (Å²) < 4.78 is 10.2. The Morgan fingerprint density at radius 2 is 1.54 bits per heavy atom. The fraction of sp³-hybridized carbons (Fsp3) is 0.733. The molecule has 1 atom stereocenters. The van der Waals surface area contributed by atoms with Crippen molar-refractivity contribution in [2.24, 2.45) is 0 Å². The van der Waals surface area contributed by atoms with E-state index >= 15 is 0 Å². The van der Waals surface area contributed by atoms with E-state index in [0.29, 0.717) is 5.95 Å². The molecule has 1 unspecified atom stereocenters. The van der Waals surface area contributed by atoms with Crippen LogP contribution in [-0.2, 0) is 4.79 Å². The Labute approximate surface area is 142 Å². The molecule has 1 amide bonds. The summed E-state index contributed by atoms with van der Waals surface area (Å²) in [5, 5.41) is 2.95. The Morgan fingerprint density at radius 1 is 1.00 bits per heavy atom. The molecule has 2 rings (SSSR count). The molecule has 0 spiro atoms. The molecule has 1 N–H and O–H groups in total. The van der Waals surface area contributed by atoms with Gasteiger partial charge in [0.1, 0.15) is 0 Å². The third-order valence-electron chi connectivity index (χ3n) is 3.90. The van der Waals surface area contributed by atoms with Gasteiger partial charge in [-0.05, 0) is 20.8 Å². The number of anilines is 1. The second kappa shape index (κ2) is 8.09. The van der Waals surface area contributed by atoms with Crippen LogP contribution < -0.4 is 19.7 Å². The molecular weight excluding hydrogens is 312 g/mol. The predicted molar refractivity (Wildman–Crippen MR) is 89.5 cm³/mol. The minimum atomic E-state index is -0.156. The van der Waals surface area contributed by atoms with Crippen LogP contribution in [0.3, 0.4) is 0 Å². The van der Waals surface area contributed by atoms with Crippen molar-refractivity contribution in [2.45, 2.75) is 32.9 Å². The van der Waals surface area contributed by atoms with E-state index in [-0.39, 0.29) is 30.0 Å². The zero-order chi connectivity index (χ0) is 17.7. The normalized spacial score (nSPS) is 16.8. The van der Waals surface area contributed by atoms with Gasteiger partial charge in [-0.1, -0.05) is 0 Å². The van der Waals surface area contributed by atoms with Crippen molar-refractivity contribution in [3.8, 4) is 12.0 Å². The zero-order valence-corrected chi connectivity index (χ0v) is 14.9. The first kappa shape index (κ1) is 18.2. The molecule has 9 heteroatoms. The molecule has 0 aromatic carbocycles. The highest BCUT2D eigenvalue weighted by molar-refractivity contribution is 5.81. The summed E-state index contributed by atoms with van der Waals surface area (Å²) >= 11 is 0. The molecule has 1 aromatic rings. The van der Waals surface area contributed by atoms with Crippen LogP contribution in [0.4, 0.5) is 5.95 Å². The summed E-state index contributed by atoms with van der Waals surface area (Å²) in [6, 6.07) is 0.441. The second-order valence-corrected chi connectivity index (χ2v) is 5.97. The van der Waals surface area contributed by atoms with Crippen LogP contribution >= 0.6 is 0 Å². The summed E-state index contributed by atoms with van der Waals surface area (Å²) in [7, 11) is 3.01. The topological polar surface area (TPSA) is 92.7 Å². The van der Waals surface area contributed by atoms with Crippen LogP contribution in [0.25, 0.3) is 0 Å². The van der Waals surface area contributed by atoms with Crippen molar-refractivity contribution in [3.63, 3.8) is 0 Å². The maximum atomic E-state index is 12.1. The van der Waals surface area contributed by atoms with Gasteiger partial charge < -0.3 is 19.7 Å². The zero-order valence-electron chi connectivity index (χ0n) is 14.9. The van der Waals surface area contributed by atoms with Gasteiger partial charge in [0, 0.05) is 32.2 Å². The first-order valence-corrected chi connectivity index (χ1v) is 8.08. The summed E-state index contributed by atoms with van der Waals surface area (Å²) in [5.74, 6) is 0.583. The largest absolute Gasteiger partial charge is 0.467 e. The Bertz CT molecular complexity index is 538. The lowest BCUT2D eigenvalue weighted by Gasteiger charge is -2.37. The van der Waals surface area contributed by atoms with Gasteiger partial charge >= 0.3 is 12.0 Å². The first-order chi connectivity index (χ1) is 11.4. The van der Waals surface area contributed by atoms with E-state index in [1.807, 2.05) is 25.7 Å². The number of carbonyl (C=O) groups is 1. The number of rotatable bonds is 6. The van der Waals surface area contributed by atoms with Crippen LogP contribution in [-0.4, -0.2) is 78.2 Å². The average Bonchev–Trinajstić information content (AvgIpc) is 2.60. The van der Waals surface area contributed by atoms with E-state index in [1.54, 1.807) is 0 Å². The van der Waals surface area contributed by atoms with Gasteiger partial charge in [-0.25, -0.2) is 0 Å². The Hall–Kier alpha value is -2.16. The molecule has 1 fully saturated rings. The number of methoxy groups -OCH3 is 2.